The van der Waals surface area contributed by atoms with Gasteiger partial charge in [0.1, 0.15) is 0 Å². The first-order valence-corrected chi connectivity index (χ1v) is 9.49. The molecule has 0 saturated heterocycles. The maximum Gasteiger partial charge on any atom is 0.416 e. The molecule has 126 valence electrons. The number of rotatable bonds is 5. The van der Waals surface area contributed by atoms with Crippen molar-refractivity contribution in [1.29, 1.82) is 0 Å². The number of benzene rings is 1. The van der Waals surface area contributed by atoms with Crippen molar-refractivity contribution in [1.82, 2.24) is 20.3 Å². The van der Waals surface area contributed by atoms with Crippen molar-refractivity contribution in [2.24, 2.45) is 0 Å². The van der Waals surface area contributed by atoms with Gasteiger partial charge in [-0.05, 0) is 18.4 Å². The number of nitrogens with zero attached hydrogens (tertiary/aromatic N) is 4. The van der Waals surface area contributed by atoms with Crippen molar-refractivity contribution in [3.63, 3.8) is 0 Å². The van der Waals surface area contributed by atoms with Gasteiger partial charge in [-0.25, -0.2) is 0 Å². The summed E-state index contributed by atoms with van der Waals surface area (Å²) in [5.74, 6) is 1.04. The van der Waals surface area contributed by atoms with Gasteiger partial charge in [0.15, 0.2) is 8.68 Å². The summed E-state index contributed by atoms with van der Waals surface area (Å²) in [6.45, 7) is 0. The molecule has 3 rings (SSSR count). The van der Waals surface area contributed by atoms with Crippen LogP contribution in [0.3, 0.4) is 0 Å². The third kappa shape index (κ3) is 4.08. The number of hydrogen-bond acceptors (Lipinski definition) is 8. The first-order chi connectivity index (χ1) is 11.5. The molecule has 2 heterocycles. The molecule has 0 unspecified atom stereocenters. The van der Waals surface area contributed by atoms with Crippen LogP contribution in [0.25, 0.3) is 11.4 Å². The molecular formula is C13H9F3N4OS3. The third-order valence-corrected chi connectivity index (χ3v) is 5.84. The second-order valence-electron chi connectivity index (χ2n) is 4.41. The van der Waals surface area contributed by atoms with E-state index in [2.05, 4.69) is 20.3 Å². The van der Waals surface area contributed by atoms with Crippen molar-refractivity contribution in [3.8, 4) is 11.4 Å². The van der Waals surface area contributed by atoms with Gasteiger partial charge in [-0.15, -0.1) is 10.2 Å². The average molecular weight is 390 g/mol. The number of hydrogen-bond donors (Lipinski definition) is 0. The van der Waals surface area contributed by atoms with E-state index in [0.717, 1.165) is 20.8 Å². The average Bonchev–Trinajstić information content (AvgIpc) is 3.21. The fourth-order valence-corrected chi connectivity index (χ4v) is 3.98. The number of thioether (sulfide) groups is 2. The van der Waals surface area contributed by atoms with Gasteiger partial charge >= 0.3 is 6.18 Å². The van der Waals surface area contributed by atoms with Crippen molar-refractivity contribution < 1.29 is 17.7 Å². The highest BCUT2D eigenvalue weighted by atomic mass is 32.2. The molecule has 0 N–H and O–H groups in total. The van der Waals surface area contributed by atoms with Crippen LogP contribution >= 0.6 is 34.9 Å². The molecule has 0 fully saturated rings. The van der Waals surface area contributed by atoms with Gasteiger partial charge in [-0.1, -0.05) is 52.1 Å². The van der Waals surface area contributed by atoms with Gasteiger partial charge in [0, 0.05) is 5.56 Å². The van der Waals surface area contributed by atoms with Gasteiger partial charge in [-0.2, -0.15) is 18.2 Å². The first kappa shape index (κ1) is 17.2. The lowest BCUT2D eigenvalue weighted by molar-refractivity contribution is -0.137. The molecule has 0 spiro atoms. The molecule has 3 aromatic rings. The zero-order chi connectivity index (χ0) is 17.2. The van der Waals surface area contributed by atoms with Crippen LogP contribution in [0.15, 0.2) is 37.5 Å². The Morgan fingerprint density at radius 3 is 2.46 bits per heavy atom. The van der Waals surface area contributed by atoms with Crippen LogP contribution < -0.4 is 0 Å². The molecule has 1 aromatic carbocycles. The monoisotopic (exact) mass is 390 g/mol. The van der Waals surface area contributed by atoms with Gasteiger partial charge in [-0.3, -0.25) is 0 Å². The summed E-state index contributed by atoms with van der Waals surface area (Å²) in [6, 6.07) is 4.62. The molecule has 0 amide bonds. The van der Waals surface area contributed by atoms with Crippen molar-refractivity contribution in [2.75, 3.05) is 6.26 Å². The largest absolute Gasteiger partial charge is 0.416 e. The standard InChI is InChI=1S/C13H9F3N4OS3/c1-22-11-18-19-12(24-11)23-6-9-17-10(20-21-9)7-2-4-8(5-3-7)13(14,15)16/h2-5H,6H2,1H3. The highest BCUT2D eigenvalue weighted by Crippen LogP contribution is 2.31. The molecule has 11 heteroatoms. The lowest BCUT2D eigenvalue weighted by Gasteiger charge is -2.05. The predicted molar refractivity (Wildman–Crippen MR) is 86.0 cm³/mol. The topological polar surface area (TPSA) is 64.7 Å². The van der Waals surface area contributed by atoms with Crippen molar-refractivity contribution >= 4 is 34.9 Å². The van der Waals surface area contributed by atoms with Gasteiger partial charge in [0.25, 0.3) is 0 Å². The maximum absolute atomic E-state index is 12.6. The second-order valence-corrected chi connectivity index (χ2v) is 7.67. The summed E-state index contributed by atoms with van der Waals surface area (Å²) in [5.41, 5.74) is -0.255. The van der Waals surface area contributed by atoms with Crippen LogP contribution in [0.1, 0.15) is 11.5 Å². The Balaban J connectivity index is 1.66. The Morgan fingerprint density at radius 2 is 1.83 bits per heavy atom. The second kappa shape index (κ2) is 7.11. The Kier molecular flexibility index (Phi) is 5.11. The Labute approximate surface area is 147 Å². The predicted octanol–water partition coefficient (Wildman–Crippen LogP) is 4.62. The van der Waals surface area contributed by atoms with E-state index in [4.69, 9.17) is 4.52 Å². The quantitative estimate of drug-likeness (QED) is 0.589. The zero-order valence-corrected chi connectivity index (χ0v) is 14.5. The van der Waals surface area contributed by atoms with Crippen LogP contribution in [-0.2, 0) is 11.9 Å². The Morgan fingerprint density at radius 1 is 1.12 bits per heavy atom. The molecule has 0 bridgehead atoms. The number of aromatic nitrogens is 4. The SMILES string of the molecule is CSc1nnc(SCc2nc(-c3ccc(C(F)(F)F)cc3)no2)s1. The summed E-state index contributed by atoms with van der Waals surface area (Å²) < 4.78 is 44.4. The molecule has 0 saturated carbocycles. The Hall–Kier alpha value is -1.59. The lowest BCUT2D eigenvalue weighted by Crippen LogP contribution is -2.04. The van der Waals surface area contributed by atoms with E-state index in [1.54, 1.807) is 0 Å². The fraction of sp³-hybridized carbons (Fsp3) is 0.231. The van der Waals surface area contributed by atoms with Crippen molar-refractivity contribution in [2.45, 2.75) is 20.6 Å². The third-order valence-electron chi connectivity index (χ3n) is 2.82. The van der Waals surface area contributed by atoms with Gasteiger partial charge in [0.2, 0.25) is 11.7 Å². The highest BCUT2D eigenvalue weighted by Gasteiger charge is 2.30. The summed E-state index contributed by atoms with van der Waals surface area (Å²) in [4.78, 5) is 4.19. The molecule has 0 aliphatic rings. The number of halogens is 3. The number of alkyl halides is 3. The normalized spacial score (nSPS) is 11.8. The minimum absolute atomic E-state index is 0.251. The zero-order valence-electron chi connectivity index (χ0n) is 12.1. The van der Waals surface area contributed by atoms with E-state index in [9.17, 15) is 13.2 Å². The summed E-state index contributed by atoms with van der Waals surface area (Å²) in [5, 5.41) is 11.8. The van der Waals surface area contributed by atoms with Gasteiger partial charge < -0.3 is 4.52 Å². The molecule has 2 aromatic heterocycles. The summed E-state index contributed by atoms with van der Waals surface area (Å²) in [7, 11) is 0. The molecule has 24 heavy (non-hydrogen) atoms. The minimum Gasteiger partial charge on any atom is -0.338 e. The van der Waals surface area contributed by atoms with E-state index >= 15 is 0 Å². The molecule has 5 nitrogen and oxygen atoms in total. The molecule has 0 atom stereocenters. The lowest BCUT2D eigenvalue weighted by atomic mass is 10.1. The molecular weight excluding hydrogens is 381 g/mol. The first-order valence-electron chi connectivity index (χ1n) is 6.46. The van der Waals surface area contributed by atoms with E-state index in [1.165, 1.54) is 47.0 Å². The van der Waals surface area contributed by atoms with E-state index < -0.39 is 11.7 Å². The summed E-state index contributed by atoms with van der Waals surface area (Å²) >= 11 is 4.39. The van der Waals surface area contributed by atoms with E-state index in [0.29, 0.717) is 17.2 Å². The maximum atomic E-state index is 12.6. The van der Waals surface area contributed by atoms with Crippen LogP contribution in [0.4, 0.5) is 13.2 Å². The molecule has 0 radical (unpaired) electrons. The van der Waals surface area contributed by atoms with Crippen LogP contribution in [-0.4, -0.2) is 26.6 Å². The molecule has 0 aliphatic heterocycles. The smallest absolute Gasteiger partial charge is 0.338 e. The van der Waals surface area contributed by atoms with Gasteiger partial charge in [0.05, 0.1) is 11.3 Å². The van der Waals surface area contributed by atoms with E-state index in [-0.39, 0.29) is 5.82 Å². The molecule has 0 aliphatic carbocycles. The van der Waals surface area contributed by atoms with Crippen molar-refractivity contribution in [3.05, 3.63) is 35.7 Å². The van der Waals surface area contributed by atoms with Crippen LogP contribution in [0.2, 0.25) is 0 Å². The van der Waals surface area contributed by atoms with E-state index in [1.807, 2.05) is 6.26 Å². The highest BCUT2D eigenvalue weighted by molar-refractivity contribution is 8.02. The minimum atomic E-state index is -4.37. The Bertz CT molecular complexity index is 816. The fourth-order valence-electron chi connectivity index (χ4n) is 1.70. The van der Waals surface area contributed by atoms with Crippen LogP contribution in [0.5, 0.6) is 0 Å². The van der Waals surface area contributed by atoms with Crippen LogP contribution in [0, 0.1) is 0 Å². The summed E-state index contributed by atoms with van der Waals surface area (Å²) in [6.07, 6.45) is -2.45.